The molecule has 2 rings (SSSR count). The molecule has 78 valence electrons. The molecule has 15 heavy (non-hydrogen) atoms. The molecule has 1 aromatic rings. The number of ether oxygens (including phenoxy) is 2. The number of fused-ring (bicyclic) bond motifs is 1. The summed E-state index contributed by atoms with van der Waals surface area (Å²) in [6, 6.07) is 0.971. The molecule has 1 aliphatic heterocycles. The van der Waals surface area contributed by atoms with Crippen molar-refractivity contribution in [3.8, 4) is 17.2 Å². The molecule has 7 heteroatoms. The first-order valence-corrected chi connectivity index (χ1v) is 3.90. The fourth-order valence-electron chi connectivity index (χ4n) is 1.34. The minimum atomic E-state index is -0.753. The molecule has 0 atom stereocenters. The predicted octanol–water partition coefficient (Wildman–Crippen LogP) is 0.842. The zero-order chi connectivity index (χ0) is 11.0. The lowest BCUT2D eigenvalue weighted by Gasteiger charge is -2.02. The Labute approximate surface area is 83.0 Å². The van der Waals surface area contributed by atoms with Crippen LogP contribution in [0.25, 0.3) is 0 Å². The van der Waals surface area contributed by atoms with E-state index in [2.05, 4.69) is 0 Å². The van der Waals surface area contributed by atoms with Crippen LogP contribution >= 0.6 is 0 Å². The predicted molar refractivity (Wildman–Crippen MR) is 46.3 cm³/mol. The monoisotopic (exact) mass is 211 g/mol. The number of carbonyl (C=O) groups is 1. The third-order valence-electron chi connectivity index (χ3n) is 1.94. The molecule has 0 bridgehead atoms. The van der Waals surface area contributed by atoms with Gasteiger partial charge in [-0.15, -0.1) is 0 Å². The molecule has 0 aromatic heterocycles. The van der Waals surface area contributed by atoms with Gasteiger partial charge < -0.3 is 14.6 Å². The lowest BCUT2D eigenvalue weighted by molar-refractivity contribution is -0.385. The van der Waals surface area contributed by atoms with E-state index in [1.54, 1.807) is 0 Å². The number of aldehydes is 1. The second kappa shape index (κ2) is 3.12. The smallest absolute Gasteiger partial charge is 0.325 e. The van der Waals surface area contributed by atoms with Crippen LogP contribution in [0.2, 0.25) is 0 Å². The van der Waals surface area contributed by atoms with Crippen molar-refractivity contribution in [1.29, 1.82) is 0 Å². The summed E-state index contributed by atoms with van der Waals surface area (Å²) in [4.78, 5) is 20.5. The van der Waals surface area contributed by atoms with E-state index in [-0.39, 0.29) is 35.9 Å². The number of carbonyl (C=O) groups excluding carboxylic acids is 1. The van der Waals surface area contributed by atoms with E-state index in [0.717, 1.165) is 6.07 Å². The zero-order valence-electron chi connectivity index (χ0n) is 7.30. The normalized spacial score (nSPS) is 12.5. The maximum absolute atomic E-state index is 10.7. The van der Waals surface area contributed by atoms with Crippen molar-refractivity contribution in [2.75, 3.05) is 6.79 Å². The van der Waals surface area contributed by atoms with Crippen LogP contribution in [0.3, 0.4) is 0 Å². The molecule has 0 aliphatic carbocycles. The van der Waals surface area contributed by atoms with Gasteiger partial charge in [0.05, 0.1) is 4.92 Å². The van der Waals surface area contributed by atoms with Gasteiger partial charge in [0.25, 0.3) is 0 Å². The fourth-order valence-corrected chi connectivity index (χ4v) is 1.34. The van der Waals surface area contributed by atoms with Crippen LogP contribution in [-0.4, -0.2) is 23.1 Å². The molecule has 1 aromatic carbocycles. The third kappa shape index (κ3) is 1.25. The number of benzene rings is 1. The van der Waals surface area contributed by atoms with Crippen molar-refractivity contribution in [2.45, 2.75) is 0 Å². The number of hydrogen-bond donors (Lipinski definition) is 1. The van der Waals surface area contributed by atoms with Gasteiger partial charge >= 0.3 is 5.69 Å². The van der Waals surface area contributed by atoms with E-state index in [1.165, 1.54) is 0 Å². The van der Waals surface area contributed by atoms with Gasteiger partial charge in [0, 0.05) is 6.07 Å². The van der Waals surface area contributed by atoms with Crippen LogP contribution in [0.15, 0.2) is 6.07 Å². The number of hydrogen-bond acceptors (Lipinski definition) is 6. The van der Waals surface area contributed by atoms with E-state index in [4.69, 9.17) is 9.47 Å². The van der Waals surface area contributed by atoms with Gasteiger partial charge in [-0.05, 0) is 0 Å². The molecule has 1 heterocycles. The molecule has 1 aliphatic rings. The first kappa shape index (κ1) is 9.25. The number of rotatable bonds is 2. The Kier molecular flexibility index (Phi) is 1.93. The molecule has 0 fully saturated rings. The molecule has 0 amide bonds. The summed E-state index contributed by atoms with van der Waals surface area (Å²) < 4.78 is 9.66. The Morgan fingerprint density at radius 3 is 2.73 bits per heavy atom. The SMILES string of the molecule is O=Cc1cc(O)c2c(c1[N+](=O)[O-])OCO2. The highest BCUT2D eigenvalue weighted by atomic mass is 16.7. The Morgan fingerprint density at radius 2 is 2.13 bits per heavy atom. The summed E-state index contributed by atoms with van der Waals surface area (Å²) in [6.07, 6.45) is 0.278. The molecular formula is C8H5NO6. The number of nitro groups is 1. The average molecular weight is 211 g/mol. The summed E-state index contributed by atoms with van der Waals surface area (Å²) >= 11 is 0. The molecule has 0 unspecified atom stereocenters. The molecule has 0 saturated heterocycles. The van der Waals surface area contributed by atoms with Crippen molar-refractivity contribution in [1.82, 2.24) is 0 Å². The van der Waals surface area contributed by atoms with Gasteiger partial charge in [0.1, 0.15) is 5.56 Å². The van der Waals surface area contributed by atoms with E-state index in [9.17, 15) is 20.0 Å². The summed E-state index contributed by atoms with van der Waals surface area (Å²) in [5, 5.41) is 20.0. The molecule has 1 N–H and O–H groups in total. The standard InChI is InChI=1S/C8H5NO6/c10-2-4-1-5(11)7-8(15-3-14-7)6(4)9(12)13/h1-2,11H,3H2. The minimum absolute atomic E-state index is 0.104. The zero-order valence-corrected chi connectivity index (χ0v) is 7.30. The van der Waals surface area contributed by atoms with Crippen LogP contribution in [0, 0.1) is 10.1 Å². The average Bonchev–Trinajstić information content (AvgIpc) is 2.65. The summed E-state index contributed by atoms with van der Waals surface area (Å²) in [6.45, 7) is -0.216. The highest BCUT2D eigenvalue weighted by Gasteiger charge is 2.32. The molecular weight excluding hydrogens is 206 g/mol. The van der Waals surface area contributed by atoms with Gasteiger partial charge in [-0.1, -0.05) is 0 Å². The summed E-state index contributed by atoms with van der Waals surface area (Å²) in [7, 11) is 0. The summed E-state index contributed by atoms with van der Waals surface area (Å²) in [5.74, 6) is -0.662. The fraction of sp³-hybridized carbons (Fsp3) is 0.125. The van der Waals surface area contributed by atoms with Gasteiger partial charge in [-0.2, -0.15) is 0 Å². The number of nitro benzene ring substituents is 1. The molecule has 0 saturated carbocycles. The van der Waals surface area contributed by atoms with Gasteiger partial charge in [-0.3, -0.25) is 14.9 Å². The van der Waals surface area contributed by atoms with Gasteiger partial charge in [0.2, 0.25) is 18.3 Å². The van der Waals surface area contributed by atoms with Gasteiger partial charge in [-0.25, -0.2) is 0 Å². The van der Waals surface area contributed by atoms with E-state index < -0.39 is 10.6 Å². The minimum Gasteiger partial charge on any atom is -0.504 e. The topological polar surface area (TPSA) is 98.9 Å². The Morgan fingerprint density at radius 1 is 1.47 bits per heavy atom. The Bertz CT molecular complexity index is 455. The maximum Gasteiger partial charge on any atom is 0.325 e. The Balaban J connectivity index is 2.75. The second-order valence-electron chi connectivity index (χ2n) is 2.77. The molecule has 7 nitrogen and oxygen atoms in total. The number of nitrogens with zero attached hydrogens (tertiary/aromatic N) is 1. The van der Waals surface area contributed by atoms with Crippen LogP contribution in [0.1, 0.15) is 10.4 Å². The first-order valence-electron chi connectivity index (χ1n) is 3.90. The molecule has 0 spiro atoms. The first-order chi connectivity index (χ1) is 7.15. The number of phenols is 1. The maximum atomic E-state index is 10.7. The Hall–Kier alpha value is -2.31. The highest BCUT2D eigenvalue weighted by Crippen LogP contribution is 2.48. The summed E-state index contributed by atoms with van der Waals surface area (Å²) in [5.41, 5.74) is -0.739. The lowest BCUT2D eigenvalue weighted by Crippen LogP contribution is -1.97. The van der Waals surface area contributed by atoms with Crippen LogP contribution < -0.4 is 9.47 Å². The lowest BCUT2D eigenvalue weighted by atomic mass is 10.1. The van der Waals surface area contributed by atoms with Gasteiger partial charge in [0.15, 0.2) is 12.0 Å². The van der Waals surface area contributed by atoms with Crippen LogP contribution in [0.4, 0.5) is 5.69 Å². The molecule has 0 radical (unpaired) electrons. The second-order valence-corrected chi connectivity index (χ2v) is 2.77. The highest BCUT2D eigenvalue weighted by molar-refractivity contribution is 5.87. The van der Waals surface area contributed by atoms with Crippen molar-refractivity contribution < 1.29 is 24.3 Å². The van der Waals surface area contributed by atoms with Crippen molar-refractivity contribution in [3.05, 3.63) is 21.7 Å². The van der Waals surface area contributed by atoms with Crippen molar-refractivity contribution >= 4 is 12.0 Å². The van der Waals surface area contributed by atoms with E-state index in [0.29, 0.717) is 0 Å². The number of aromatic hydroxyl groups is 1. The number of phenolic OH excluding ortho intramolecular Hbond substituents is 1. The van der Waals surface area contributed by atoms with Crippen LogP contribution in [-0.2, 0) is 0 Å². The van der Waals surface area contributed by atoms with Crippen molar-refractivity contribution in [3.63, 3.8) is 0 Å². The quantitative estimate of drug-likeness (QED) is 0.442. The largest absolute Gasteiger partial charge is 0.504 e. The van der Waals surface area contributed by atoms with E-state index >= 15 is 0 Å². The van der Waals surface area contributed by atoms with Crippen molar-refractivity contribution in [2.24, 2.45) is 0 Å². The van der Waals surface area contributed by atoms with E-state index in [1.807, 2.05) is 0 Å². The third-order valence-corrected chi connectivity index (χ3v) is 1.94. The van der Waals surface area contributed by atoms with Crippen LogP contribution in [0.5, 0.6) is 17.2 Å².